The molecule has 1 aliphatic carbocycles. The number of carbonyl (C=O) groups is 1. The lowest BCUT2D eigenvalue weighted by molar-refractivity contribution is -0.124. The van der Waals surface area contributed by atoms with Crippen molar-refractivity contribution >= 4 is 16.9 Å². The third-order valence-electron chi connectivity index (χ3n) is 4.62. The SMILES string of the molecule is CCCNC(=O)[C@@H](CC)n1cnc2nc3c(cc2c1=O)CCCC3. The first-order valence-corrected chi connectivity index (χ1v) is 8.83. The molecule has 2 aromatic rings. The molecule has 24 heavy (non-hydrogen) atoms. The molecule has 0 saturated heterocycles. The fourth-order valence-electron chi connectivity index (χ4n) is 3.28. The molecule has 2 heterocycles. The summed E-state index contributed by atoms with van der Waals surface area (Å²) in [6.45, 7) is 4.51. The highest BCUT2D eigenvalue weighted by atomic mass is 16.2. The van der Waals surface area contributed by atoms with Gasteiger partial charge in [0, 0.05) is 12.2 Å². The zero-order valence-corrected chi connectivity index (χ0v) is 14.3. The van der Waals surface area contributed by atoms with E-state index in [1.54, 1.807) is 0 Å². The molecule has 1 atom stereocenters. The van der Waals surface area contributed by atoms with Gasteiger partial charge in [-0.25, -0.2) is 9.97 Å². The zero-order chi connectivity index (χ0) is 17.1. The molecule has 1 aliphatic rings. The molecule has 0 saturated carbocycles. The first-order valence-electron chi connectivity index (χ1n) is 8.83. The molecule has 1 amide bonds. The Labute approximate surface area is 141 Å². The smallest absolute Gasteiger partial charge is 0.263 e. The van der Waals surface area contributed by atoms with Crippen molar-refractivity contribution in [3.63, 3.8) is 0 Å². The third kappa shape index (κ3) is 3.05. The Morgan fingerprint density at radius 1 is 1.33 bits per heavy atom. The van der Waals surface area contributed by atoms with E-state index in [1.165, 1.54) is 10.9 Å². The number of carbonyl (C=O) groups excluding carboxylic acids is 1. The monoisotopic (exact) mass is 328 g/mol. The number of rotatable bonds is 5. The standard InChI is InChI=1S/C18H24N4O2/c1-3-9-19-17(23)15(4-2)22-11-20-16-13(18(22)24)10-12-7-5-6-8-14(12)21-16/h10-11,15H,3-9H2,1-2H3,(H,19,23)/t15-/m1/s1. The van der Waals surface area contributed by atoms with Crippen molar-refractivity contribution in [3.05, 3.63) is 34.0 Å². The van der Waals surface area contributed by atoms with Crippen LogP contribution in [0, 0.1) is 0 Å². The van der Waals surface area contributed by atoms with Crippen LogP contribution in [0.3, 0.4) is 0 Å². The van der Waals surface area contributed by atoms with Gasteiger partial charge in [-0.15, -0.1) is 0 Å². The maximum Gasteiger partial charge on any atom is 0.263 e. The number of hydrogen-bond acceptors (Lipinski definition) is 4. The maximum absolute atomic E-state index is 12.9. The second-order valence-electron chi connectivity index (χ2n) is 6.34. The van der Waals surface area contributed by atoms with Gasteiger partial charge >= 0.3 is 0 Å². The Morgan fingerprint density at radius 2 is 2.12 bits per heavy atom. The van der Waals surface area contributed by atoms with E-state index in [1.807, 2.05) is 19.9 Å². The average molecular weight is 328 g/mol. The fourth-order valence-corrected chi connectivity index (χ4v) is 3.28. The molecule has 0 fully saturated rings. The van der Waals surface area contributed by atoms with Crippen molar-refractivity contribution in [1.82, 2.24) is 19.9 Å². The second kappa shape index (κ2) is 7.11. The first kappa shape index (κ1) is 16.6. The van der Waals surface area contributed by atoms with Gasteiger partial charge in [-0.2, -0.15) is 0 Å². The number of nitrogens with one attached hydrogen (secondary N) is 1. The highest BCUT2D eigenvalue weighted by Gasteiger charge is 2.21. The van der Waals surface area contributed by atoms with Crippen LogP contribution in [0.25, 0.3) is 11.0 Å². The Kier molecular flexibility index (Phi) is 4.92. The summed E-state index contributed by atoms with van der Waals surface area (Å²) in [4.78, 5) is 34.2. The number of pyridine rings is 1. The molecular weight excluding hydrogens is 304 g/mol. The third-order valence-corrected chi connectivity index (χ3v) is 4.62. The van der Waals surface area contributed by atoms with E-state index in [2.05, 4.69) is 15.3 Å². The molecule has 0 aromatic carbocycles. The zero-order valence-electron chi connectivity index (χ0n) is 14.3. The molecule has 6 nitrogen and oxygen atoms in total. The fraction of sp³-hybridized carbons (Fsp3) is 0.556. The van der Waals surface area contributed by atoms with Crippen LogP contribution in [0.1, 0.15) is 56.8 Å². The molecule has 0 aliphatic heterocycles. The number of nitrogens with zero attached hydrogens (tertiary/aromatic N) is 3. The van der Waals surface area contributed by atoms with Crippen LogP contribution in [-0.4, -0.2) is 27.0 Å². The van der Waals surface area contributed by atoms with Gasteiger partial charge < -0.3 is 5.32 Å². The van der Waals surface area contributed by atoms with Crippen LogP contribution in [0.2, 0.25) is 0 Å². The lowest BCUT2D eigenvalue weighted by atomic mass is 9.95. The van der Waals surface area contributed by atoms with Crippen molar-refractivity contribution in [2.45, 2.75) is 58.4 Å². The van der Waals surface area contributed by atoms with E-state index in [4.69, 9.17) is 0 Å². The summed E-state index contributed by atoms with van der Waals surface area (Å²) >= 11 is 0. The minimum Gasteiger partial charge on any atom is -0.354 e. The summed E-state index contributed by atoms with van der Waals surface area (Å²) in [6, 6.07) is 1.40. The molecule has 6 heteroatoms. The quantitative estimate of drug-likeness (QED) is 0.912. The van der Waals surface area contributed by atoms with Crippen LogP contribution >= 0.6 is 0 Å². The number of amides is 1. The lowest BCUT2D eigenvalue weighted by Gasteiger charge is -2.19. The number of fused-ring (bicyclic) bond motifs is 2. The normalized spacial score (nSPS) is 15.1. The van der Waals surface area contributed by atoms with Crippen LogP contribution in [0.4, 0.5) is 0 Å². The Balaban J connectivity index is 2.04. The summed E-state index contributed by atoms with van der Waals surface area (Å²) in [7, 11) is 0. The molecule has 0 radical (unpaired) electrons. The highest BCUT2D eigenvalue weighted by molar-refractivity contribution is 5.81. The van der Waals surface area contributed by atoms with Crippen molar-refractivity contribution in [1.29, 1.82) is 0 Å². The summed E-state index contributed by atoms with van der Waals surface area (Å²) < 4.78 is 1.45. The predicted molar refractivity (Wildman–Crippen MR) is 93.1 cm³/mol. The van der Waals surface area contributed by atoms with Gasteiger partial charge in [-0.05, 0) is 50.2 Å². The van der Waals surface area contributed by atoms with Crippen LogP contribution in [-0.2, 0) is 17.6 Å². The van der Waals surface area contributed by atoms with Crippen LogP contribution in [0.5, 0.6) is 0 Å². The van der Waals surface area contributed by atoms with Gasteiger partial charge in [0.2, 0.25) is 5.91 Å². The molecule has 2 aromatic heterocycles. The molecule has 128 valence electrons. The van der Waals surface area contributed by atoms with Gasteiger partial charge in [-0.1, -0.05) is 13.8 Å². The first-order chi connectivity index (χ1) is 11.7. The summed E-state index contributed by atoms with van der Waals surface area (Å²) in [5.41, 5.74) is 2.51. The molecule has 0 unspecified atom stereocenters. The van der Waals surface area contributed by atoms with E-state index in [0.29, 0.717) is 24.0 Å². The van der Waals surface area contributed by atoms with Crippen molar-refractivity contribution in [2.24, 2.45) is 0 Å². The number of aryl methyl sites for hydroxylation is 2. The Morgan fingerprint density at radius 3 is 2.88 bits per heavy atom. The van der Waals surface area contributed by atoms with E-state index >= 15 is 0 Å². The van der Waals surface area contributed by atoms with Gasteiger partial charge in [0.1, 0.15) is 12.4 Å². The number of hydrogen-bond donors (Lipinski definition) is 1. The topological polar surface area (TPSA) is 76.9 Å². The predicted octanol–water partition coefficient (Wildman–Crippen LogP) is 2.15. The largest absolute Gasteiger partial charge is 0.354 e. The van der Waals surface area contributed by atoms with Crippen molar-refractivity contribution in [3.8, 4) is 0 Å². The molecular formula is C18H24N4O2. The lowest BCUT2D eigenvalue weighted by Crippen LogP contribution is -2.37. The molecule has 3 rings (SSSR count). The van der Waals surface area contributed by atoms with E-state index in [-0.39, 0.29) is 11.5 Å². The summed E-state index contributed by atoms with van der Waals surface area (Å²) in [5.74, 6) is -0.131. The molecule has 0 spiro atoms. The van der Waals surface area contributed by atoms with Crippen molar-refractivity contribution in [2.75, 3.05) is 6.54 Å². The molecule has 0 bridgehead atoms. The number of aromatic nitrogens is 3. The average Bonchev–Trinajstić information content (AvgIpc) is 2.61. The second-order valence-corrected chi connectivity index (χ2v) is 6.34. The van der Waals surface area contributed by atoms with Gasteiger partial charge in [0.05, 0.1) is 5.39 Å². The van der Waals surface area contributed by atoms with E-state index in [9.17, 15) is 9.59 Å². The summed E-state index contributed by atoms with van der Waals surface area (Å²) in [5, 5.41) is 3.38. The summed E-state index contributed by atoms with van der Waals surface area (Å²) in [6.07, 6.45) is 7.05. The minimum absolute atomic E-state index is 0.131. The minimum atomic E-state index is -0.531. The highest BCUT2D eigenvalue weighted by Crippen LogP contribution is 2.22. The van der Waals surface area contributed by atoms with E-state index in [0.717, 1.165) is 43.4 Å². The Hall–Kier alpha value is -2.24. The van der Waals surface area contributed by atoms with Gasteiger partial charge in [-0.3, -0.25) is 14.2 Å². The van der Waals surface area contributed by atoms with E-state index < -0.39 is 6.04 Å². The van der Waals surface area contributed by atoms with Gasteiger partial charge in [0.25, 0.3) is 5.56 Å². The molecule has 1 N–H and O–H groups in total. The van der Waals surface area contributed by atoms with Crippen molar-refractivity contribution < 1.29 is 4.79 Å². The van der Waals surface area contributed by atoms with Crippen LogP contribution < -0.4 is 10.9 Å². The van der Waals surface area contributed by atoms with Crippen LogP contribution in [0.15, 0.2) is 17.2 Å². The Bertz CT molecular complexity index is 813. The maximum atomic E-state index is 12.9. The van der Waals surface area contributed by atoms with Gasteiger partial charge in [0.15, 0.2) is 5.65 Å².